The van der Waals surface area contributed by atoms with Crippen molar-refractivity contribution < 1.29 is 0 Å². The van der Waals surface area contributed by atoms with Crippen LogP contribution in [0.1, 0.15) is 24.6 Å². The lowest BCUT2D eigenvalue weighted by Gasteiger charge is -2.30. The molecular formula is C18H17N5S. The highest BCUT2D eigenvalue weighted by Crippen LogP contribution is 2.33. The fourth-order valence-electron chi connectivity index (χ4n) is 3.46. The fraction of sp³-hybridized carbons (Fsp3) is 0.278. The summed E-state index contributed by atoms with van der Waals surface area (Å²) < 4.78 is 3.39. The molecule has 0 spiro atoms. The van der Waals surface area contributed by atoms with Crippen LogP contribution in [0.25, 0.3) is 15.9 Å². The van der Waals surface area contributed by atoms with Crippen LogP contribution in [0.5, 0.6) is 0 Å². The highest BCUT2D eigenvalue weighted by molar-refractivity contribution is 7.22. The molecule has 5 nitrogen and oxygen atoms in total. The van der Waals surface area contributed by atoms with Crippen molar-refractivity contribution in [2.45, 2.75) is 18.8 Å². The van der Waals surface area contributed by atoms with Gasteiger partial charge in [-0.05, 0) is 37.1 Å². The van der Waals surface area contributed by atoms with Crippen LogP contribution in [-0.2, 0) is 0 Å². The van der Waals surface area contributed by atoms with E-state index in [4.69, 9.17) is 4.98 Å². The first kappa shape index (κ1) is 13.9. The minimum absolute atomic E-state index is 0.466. The number of piperidine rings is 1. The van der Waals surface area contributed by atoms with Gasteiger partial charge in [0.1, 0.15) is 5.82 Å². The Labute approximate surface area is 143 Å². The average Bonchev–Trinajstić information content (AvgIpc) is 3.26. The van der Waals surface area contributed by atoms with Gasteiger partial charge in [0.25, 0.3) is 0 Å². The molecule has 4 aromatic rings. The molecule has 120 valence electrons. The molecule has 4 heterocycles. The molecule has 5 rings (SSSR count). The third-order valence-electron chi connectivity index (χ3n) is 4.75. The lowest BCUT2D eigenvalue weighted by molar-refractivity contribution is 0.482. The molecule has 1 aromatic carbocycles. The molecule has 0 saturated carbocycles. The maximum atomic E-state index is 4.79. The van der Waals surface area contributed by atoms with Crippen molar-refractivity contribution >= 4 is 32.3 Å². The molecule has 3 aromatic heterocycles. The predicted octanol–water partition coefficient (Wildman–Crippen LogP) is 3.72. The van der Waals surface area contributed by atoms with Gasteiger partial charge in [-0.1, -0.05) is 29.5 Å². The molecule has 0 aliphatic carbocycles. The van der Waals surface area contributed by atoms with Crippen molar-refractivity contribution in [1.29, 1.82) is 0 Å². The molecule has 6 heteroatoms. The van der Waals surface area contributed by atoms with Gasteiger partial charge in [0.2, 0.25) is 0 Å². The highest BCUT2D eigenvalue weighted by atomic mass is 32.1. The van der Waals surface area contributed by atoms with E-state index in [0.29, 0.717) is 5.92 Å². The van der Waals surface area contributed by atoms with Gasteiger partial charge in [0, 0.05) is 25.2 Å². The van der Waals surface area contributed by atoms with E-state index in [2.05, 4.69) is 50.0 Å². The van der Waals surface area contributed by atoms with E-state index in [-0.39, 0.29) is 0 Å². The Bertz CT molecular complexity index is 964. The van der Waals surface area contributed by atoms with Gasteiger partial charge < -0.3 is 4.90 Å². The summed E-state index contributed by atoms with van der Waals surface area (Å²) in [6.07, 6.45) is 4.24. The monoisotopic (exact) mass is 335 g/mol. The van der Waals surface area contributed by atoms with Gasteiger partial charge in [-0.2, -0.15) is 0 Å². The second-order valence-corrected chi connectivity index (χ2v) is 7.22. The Hall–Kier alpha value is -2.47. The van der Waals surface area contributed by atoms with Crippen LogP contribution in [-0.4, -0.2) is 32.7 Å². The van der Waals surface area contributed by atoms with Crippen LogP contribution < -0.4 is 4.90 Å². The van der Waals surface area contributed by atoms with Crippen LogP contribution in [0.3, 0.4) is 0 Å². The summed E-state index contributed by atoms with van der Waals surface area (Å²) in [5.74, 6) is 1.56. The van der Waals surface area contributed by atoms with Gasteiger partial charge in [0.05, 0.1) is 10.2 Å². The largest absolute Gasteiger partial charge is 0.348 e. The molecule has 1 saturated heterocycles. The van der Waals surface area contributed by atoms with Gasteiger partial charge in [0.15, 0.2) is 10.8 Å². The third-order valence-corrected chi connectivity index (χ3v) is 5.85. The topological polar surface area (TPSA) is 46.3 Å². The number of aromatic nitrogens is 4. The van der Waals surface area contributed by atoms with Crippen LogP contribution in [0.15, 0.2) is 48.7 Å². The quantitative estimate of drug-likeness (QED) is 0.560. The van der Waals surface area contributed by atoms with Crippen molar-refractivity contribution in [3.8, 4) is 0 Å². The van der Waals surface area contributed by atoms with E-state index in [9.17, 15) is 0 Å². The van der Waals surface area contributed by atoms with Crippen LogP contribution in [0, 0.1) is 0 Å². The molecule has 1 aliphatic rings. The van der Waals surface area contributed by atoms with Crippen LogP contribution in [0.2, 0.25) is 0 Å². The zero-order valence-electron chi connectivity index (χ0n) is 13.2. The number of benzene rings is 1. The first-order valence-corrected chi connectivity index (χ1v) is 9.10. The number of hydrogen-bond acceptors (Lipinski definition) is 5. The Morgan fingerprint density at radius 2 is 1.79 bits per heavy atom. The number of para-hydroxylation sites is 1. The molecule has 1 aliphatic heterocycles. The smallest absolute Gasteiger partial charge is 0.186 e. The SMILES string of the molecule is c1ccc2sc(N3CCC(c4nnc5ccccn45)CC3)nc2c1. The van der Waals surface area contributed by atoms with Crippen molar-refractivity contribution in [2.75, 3.05) is 18.0 Å². The Morgan fingerprint density at radius 3 is 2.67 bits per heavy atom. The number of pyridine rings is 1. The molecule has 0 amide bonds. The lowest BCUT2D eigenvalue weighted by Crippen LogP contribution is -2.33. The lowest BCUT2D eigenvalue weighted by atomic mass is 9.96. The second kappa shape index (κ2) is 5.56. The van der Waals surface area contributed by atoms with Crippen molar-refractivity contribution in [2.24, 2.45) is 0 Å². The average molecular weight is 335 g/mol. The summed E-state index contributed by atoms with van der Waals surface area (Å²) >= 11 is 1.79. The Balaban J connectivity index is 1.37. The zero-order chi connectivity index (χ0) is 15.9. The van der Waals surface area contributed by atoms with Crippen molar-refractivity contribution in [1.82, 2.24) is 19.6 Å². The van der Waals surface area contributed by atoms with Crippen LogP contribution in [0.4, 0.5) is 5.13 Å². The predicted molar refractivity (Wildman–Crippen MR) is 96.8 cm³/mol. The first-order chi connectivity index (χ1) is 11.9. The number of thiazole rings is 1. The Kier molecular flexibility index (Phi) is 3.23. The van der Waals surface area contributed by atoms with Gasteiger partial charge >= 0.3 is 0 Å². The summed E-state index contributed by atoms with van der Waals surface area (Å²) in [6, 6.07) is 14.4. The molecule has 0 bridgehead atoms. The van der Waals surface area contributed by atoms with E-state index in [1.165, 1.54) is 4.70 Å². The zero-order valence-corrected chi connectivity index (χ0v) is 14.0. The summed E-state index contributed by atoms with van der Waals surface area (Å²) in [4.78, 5) is 7.19. The highest BCUT2D eigenvalue weighted by Gasteiger charge is 2.25. The van der Waals surface area contributed by atoms with E-state index >= 15 is 0 Å². The van der Waals surface area contributed by atoms with E-state index in [1.54, 1.807) is 11.3 Å². The maximum Gasteiger partial charge on any atom is 0.186 e. The van der Waals surface area contributed by atoms with Gasteiger partial charge in [-0.3, -0.25) is 4.40 Å². The van der Waals surface area contributed by atoms with Crippen LogP contribution >= 0.6 is 11.3 Å². The molecular weight excluding hydrogens is 318 g/mol. The summed E-state index contributed by atoms with van der Waals surface area (Å²) in [6.45, 7) is 2.04. The van der Waals surface area contributed by atoms with Crippen molar-refractivity contribution in [3.63, 3.8) is 0 Å². The molecule has 1 fully saturated rings. The minimum atomic E-state index is 0.466. The first-order valence-electron chi connectivity index (χ1n) is 8.29. The fourth-order valence-corrected chi connectivity index (χ4v) is 4.48. The molecule has 0 unspecified atom stereocenters. The van der Waals surface area contributed by atoms with E-state index in [1.807, 2.05) is 18.2 Å². The molecule has 0 atom stereocenters. The summed E-state index contributed by atoms with van der Waals surface area (Å²) in [5.41, 5.74) is 2.03. The normalized spacial score (nSPS) is 16.2. The van der Waals surface area contributed by atoms with Gasteiger partial charge in [-0.25, -0.2) is 4.98 Å². The van der Waals surface area contributed by atoms with E-state index < -0.39 is 0 Å². The number of rotatable bonds is 2. The minimum Gasteiger partial charge on any atom is -0.348 e. The second-order valence-electron chi connectivity index (χ2n) is 6.21. The molecule has 24 heavy (non-hydrogen) atoms. The third kappa shape index (κ3) is 2.26. The summed E-state index contributed by atoms with van der Waals surface area (Å²) in [5, 5.41) is 9.86. The molecule has 0 radical (unpaired) electrons. The maximum absolute atomic E-state index is 4.79. The van der Waals surface area contributed by atoms with Gasteiger partial charge in [-0.15, -0.1) is 10.2 Å². The number of fused-ring (bicyclic) bond motifs is 2. The number of anilines is 1. The number of hydrogen-bond donors (Lipinski definition) is 0. The van der Waals surface area contributed by atoms with E-state index in [0.717, 1.165) is 48.1 Å². The van der Waals surface area contributed by atoms with Crippen molar-refractivity contribution in [3.05, 3.63) is 54.5 Å². The molecule has 0 N–H and O–H groups in total. The summed E-state index contributed by atoms with van der Waals surface area (Å²) in [7, 11) is 0. The standard InChI is InChI=1S/C18H17N5S/c1-2-6-15-14(5-1)19-18(24-15)22-11-8-13(9-12-22)17-21-20-16-7-3-4-10-23(16)17/h1-7,10,13H,8-9,11-12H2. The number of nitrogens with zero attached hydrogens (tertiary/aromatic N) is 5. The Morgan fingerprint density at radius 1 is 0.958 bits per heavy atom.